The first-order valence-electron chi connectivity index (χ1n) is 5.86. The van der Waals surface area contributed by atoms with E-state index in [2.05, 4.69) is 5.32 Å². The van der Waals surface area contributed by atoms with Gasteiger partial charge in [-0.2, -0.15) is 0 Å². The second-order valence-corrected chi connectivity index (χ2v) is 4.54. The summed E-state index contributed by atoms with van der Waals surface area (Å²) in [5, 5.41) is 13.1. The van der Waals surface area contributed by atoms with E-state index < -0.39 is 0 Å². The average Bonchev–Trinajstić information content (AvgIpc) is 2.23. The second kappa shape index (κ2) is 5.10. The minimum absolute atomic E-state index is 0.109. The molecule has 2 N–H and O–H groups in total. The second-order valence-electron chi connectivity index (χ2n) is 4.54. The van der Waals surface area contributed by atoms with Gasteiger partial charge in [-0.15, -0.1) is 0 Å². The SMILES string of the molecule is OC1CCNCC1CC1CCCCO1. The molecule has 2 aliphatic heterocycles. The highest BCUT2D eigenvalue weighted by atomic mass is 16.5. The van der Waals surface area contributed by atoms with Gasteiger partial charge in [0.05, 0.1) is 12.2 Å². The summed E-state index contributed by atoms with van der Waals surface area (Å²) < 4.78 is 5.69. The Morgan fingerprint density at radius 1 is 1.29 bits per heavy atom. The minimum atomic E-state index is -0.109. The number of hydrogen-bond acceptors (Lipinski definition) is 3. The maximum atomic E-state index is 9.80. The number of nitrogens with one attached hydrogen (secondary N) is 1. The zero-order valence-corrected chi connectivity index (χ0v) is 8.74. The first-order chi connectivity index (χ1) is 6.86. The van der Waals surface area contributed by atoms with Gasteiger partial charge >= 0.3 is 0 Å². The number of hydrogen-bond donors (Lipinski definition) is 2. The van der Waals surface area contributed by atoms with Crippen molar-refractivity contribution in [1.29, 1.82) is 0 Å². The van der Waals surface area contributed by atoms with Gasteiger partial charge in [-0.1, -0.05) is 0 Å². The highest BCUT2D eigenvalue weighted by molar-refractivity contribution is 4.80. The van der Waals surface area contributed by atoms with Crippen LogP contribution < -0.4 is 5.32 Å². The number of rotatable bonds is 2. The van der Waals surface area contributed by atoms with Crippen LogP contribution in [0.5, 0.6) is 0 Å². The van der Waals surface area contributed by atoms with Crippen LogP contribution in [0.25, 0.3) is 0 Å². The van der Waals surface area contributed by atoms with Crippen LogP contribution in [0, 0.1) is 5.92 Å². The Bertz CT molecular complexity index is 169. The molecule has 2 aliphatic rings. The fourth-order valence-electron chi connectivity index (χ4n) is 2.48. The molecular weight excluding hydrogens is 178 g/mol. The van der Waals surface area contributed by atoms with Crippen LogP contribution in [-0.2, 0) is 4.74 Å². The molecule has 2 rings (SSSR count). The van der Waals surface area contributed by atoms with Gasteiger partial charge < -0.3 is 15.2 Å². The average molecular weight is 199 g/mol. The van der Waals surface area contributed by atoms with Crippen LogP contribution in [0.3, 0.4) is 0 Å². The molecule has 3 atom stereocenters. The lowest BCUT2D eigenvalue weighted by Gasteiger charge is -2.32. The van der Waals surface area contributed by atoms with E-state index in [1.54, 1.807) is 0 Å². The third-order valence-corrected chi connectivity index (χ3v) is 3.41. The Morgan fingerprint density at radius 2 is 2.21 bits per heavy atom. The van der Waals surface area contributed by atoms with E-state index in [1.807, 2.05) is 0 Å². The molecule has 14 heavy (non-hydrogen) atoms. The molecule has 2 saturated heterocycles. The van der Waals surface area contributed by atoms with Crippen LogP contribution in [0.15, 0.2) is 0 Å². The van der Waals surface area contributed by atoms with E-state index in [0.717, 1.165) is 32.5 Å². The number of aliphatic hydroxyl groups is 1. The maximum absolute atomic E-state index is 9.80. The molecule has 82 valence electrons. The standard InChI is InChI=1S/C11H21NO2/c13-11-4-5-12-8-9(11)7-10-3-1-2-6-14-10/h9-13H,1-8H2. The van der Waals surface area contributed by atoms with Crippen molar-refractivity contribution in [3.63, 3.8) is 0 Å². The van der Waals surface area contributed by atoms with Crippen LogP contribution in [-0.4, -0.2) is 37.0 Å². The maximum Gasteiger partial charge on any atom is 0.0593 e. The van der Waals surface area contributed by atoms with Crippen LogP contribution in [0.4, 0.5) is 0 Å². The van der Waals surface area contributed by atoms with E-state index in [4.69, 9.17) is 4.74 Å². The van der Waals surface area contributed by atoms with Gasteiger partial charge in [0.25, 0.3) is 0 Å². The van der Waals surface area contributed by atoms with Gasteiger partial charge in [0.1, 0.15) is 0 Å². The summed E-state index contributed by atoms with van der Waals surface area (Å²) in [4.78, 5) is 0. The summed E-state index contributed by atoms with van der Waals surface area (Å²) in [6, 6.07) is 0. The van der Waals surface area contributed by atoms with Crippen LogP contribution in [0.2, 0.25) is 0 Å². The minimum Gasteiger partial charge on any atom is -0.393 e. The lowest BCUT2D eigenvalue weighted by atomic mass is 9.89. The molecular formula is C11H21NO2. The Labute approximate surface area is 85.8 Å². The normalized spacial score (nSPS) is 39.6. The number of ether oxygens (including phenoxy) is 1. The van der Waals surface area contributed by atoms with Crippen molar-refractivity contribution in [2.45, 2.75) is 44.3 Å². The lowest BCUT2D eigenvalue weighted by molar-refractivity contribution is -0.0216. The van der Waals surface area contributed by atoms with E-state index in [-0.39, 0.29) is 6.10 Å². The largest absolute Gasteiger partial charge is 0.393 e. The molecule has 0 aromatic heterocycles. The molecule has 0 amide bonds. The quantitative estimate of drug-likeness (QED) is 0.695. The van der Waals surface area contributed by atoms with Crippen molar-refractivity contribution in [1.82, 2.24) is 5.32 Å². The molecule has 3 nitrogen and oxygen atoms in total. The van der Waals surface area contributed by atoms with Gasteiger partial charge in [0.2, 0.25) is 0 Å². The van der Waals surface area contributed by atoms with Crippen LogP contribution in [0.1, 0.15) is 32.1 Å². The molecule has 0 aromatic carbocycles. The number of aliphatic hydroxyl groups excluding tert-OH is 1. The van der Waals surface area contributed by atoms with E-state index >= 15 is 0 Å². The van der Waals surface area contributed by atoms with Crippen molar-refractivity contribution in [3.8, 4) is 0 Å². The molecule has 3 unspecified atom stereocenters. The fourth-order valence-corrected chi connectivity index (χ4v) is 2.48. The molecule has 0 bridgehead atoms. The Morgan fingerprint density at radius 3 is 2.93 bits per heavy atom. The summed E-state index contributed by atoms with van der Waals surface area (Å²) in [6.45, 7) is 2.84. The topological polar surface area (TPSA) is 41.5 Å². The Kier molecular flexibility index (Phi) is 3.79. The van der Waals surface area contributed by atoms with Gasteiger partial charge in [-0.3, -0.25) is 0 Å². The monoisotopic (exact) mass is 199 g/mol. The van der Waals surface area contributed by atoms with E-state index in [1.165, 1.54) is 19.3 Å². The molecule has 0 spiro atoms. The first kappa shape index (κ1) is 10.4. The molecule has 3 heteroatoms. The smallest absolute Gasteiger partial charge is 0.0593 e. The third-order valence-electron chi connectivity index (χ3n) is 3.41. The fraction of sp³-hybridized carbons (Fsp3) is 1.00. The summed E-state index contributed by atoms with van der Waals surface area (Å²) >= 11 is 0. The van der Waals surface area contributed by atoms with Gasteiger partial charge in [0, 0.05) is 13.2 Å². The van der Waals surface area contributed by atoms with Crippen LogP contribution >= 0.6 is 0 Å². The Balaban J connectivity index is 1.76. The van der Waals surface area contributed by atoms with Gasteiger partial charge in [-0.05, 0) is 44.6 Å². The predicted molar refractivity (Wildman–Crippen MR) is 55.2 cm³/mol. The summed E-state index contributed by atoms with van der Waals surface area (Å²) in [6.07, 6.45) is 5.92. The Hall–Kier alpha value is -0.120. The summed E-state index contributed by atoms with van der Waals surface area (Å²) in [5.41, 5.74) is 0. The first-order valence-corrected chi connectivity index (χ1v) is 5.86. The van der Waals surface area contributed by atoms with E-state index in [9.17, 15) is 5.11 Å². The van der Waals surface area contributed by atoms with Crippen molar-refractivity contribution >= 4 is 0 Å². The van der Waals surface area contributed by atoms with Gasteiger partial charge in [-0.25, -0.2) is 0 Å². The molecule has 0 aromatic rings. The van der Waals surface area contributed by atoms with Crippen molar-refractivity contribution < 1.29 is 9.84 Å². The highest BCUT2D eigenvalue weighted by Crippen LogP contribution is 2.23. The number of piperidine rings is 1. The summed E-state index contributed by atoms with van der Waals surface area (Å²) in [5.74, 6) is 0.409. The molecule has 2 fully saturated rings. The van der Waals surface area contributed by atoms with E-state index in [0.29, 0.717) is 12.0 Å². The zero-order chi connectivity index (χ0) is 9.80. The predicted octanol–water partition coefficient (Wildman–Crippen LogP) is 0.916. The summed E-state index contributed by atoms with van der Waals surface area (Å²) in [7, 11) is 0. The highest BCUT2D eigenvalue weighted by Gasteiger charge is 2.26. The molecule has 0 aliphatic carbocycles. The third kappa shape index (κ3) is 2.69. The zero-order valence-electron chi connectivity index (χ0n) is 8.74. The van der Waals surface area contributed by atoms with Gasteiger partial charge in [0.15, 0.2) is 0 Å². The molecule has 2 heterocycles. The van der Waals surface area contributed by atoms with Crippen molar-refractivity contribution in [2.75, 3.05) is 19.7 Å². The molecule has 0 radical (unpaired) electrons. The van der Waals surface area contributed by atoms with Crippen molar-refractivity contribution in [3.05, 3.63) is 0 Å². The van der Waals surface area contributed by atoms with Crippen molar-refractivity contribution in [2.24, 2.45) is 5.92 Å². The lowest BCUT2D eigenvalue weighted by Crippen LogP contribution is -2.42. The molecule has 0 saturated carbocycles.